The van der Waals surface area contributed by atoms with E-state index in [4.69, 9.17) is 16.3 Å². The first-order valence-electron chi connectivity index (χ1n) is 6.10. The summed E-state index contributed by atoms with van der Waals surface area (Å²) in [7, 11) is -3.29. The summed E-state index contributed by atoms with van der Waals surface area (Å²) in [5.74, 6) is 0.149. The highest BCUT2D eigenvalue weighted by molar-refractivity contribution is 9.09. The Morgan fingerprint density at radius 2 is 1.79 bits per heavy atom. The molecule has 0 N–H and O–H groups in total. The predicted octanol–water partition coefficient (Wildman–Crippen LogP) is 3.31. The first kappa shape index (κ1) is 15.3. The number of halogens is 2. The quantitative estimate of drug-likeness (QED) is 0.767. The van der Waals surface area contributed by atoms with E-state index in [1.54, 1.807) is 24.3 Å². The maximum absolute atomic E-state index is 12.5. The van der Waals surface area contributed by atoms with Crippen LogP contribution in [0.3, 0.4) is 0 Å². The summed E-state index contributed by atoms with van der Waals surface area (Å²) in [5.41, 5.74) is -0.225. The van der Waals surface area contributed by atoms with Crippen LogP contribution in [0.2, 0.25) is 5.02 Å². The van der Waals surface area contributed by atoms with E-state index < -0.39 is 9.84 Å². The molecule has 3 nitrogen and oxygen atoms in total. The molecule has 0 amide bonds. The zero-order valence-corrected chi connectivity index (χ0v) is 13.6. The van der Waals surface area contributed by atoms with E-state index in [9.17, 15) is 8.42 Å². The van der Waals surface area contributed by atoms with Gasteiger partial charge < -0.3 is 4.74 Å². The third-order valence-electron chi connectivity index (χ3n) is 3.51. The Hall–Kier alpha value is -0.100. The van der Waals surface area contributed by atoms with E-state index in [0.29, 0.717) is 28.5 Å². The van der Waals surface area contributed by atoms with Crippen molar-refractivity contribution >= 4 is 37.4 Å². The summed E-state index contributed by atoms with van der Waals surface area (Å²) in [6, 6.07) is 6.36. The van der Waals surface area contributed by atoms with Gasteiger partial charge in [0.2, 0.25) is 0 Å². The molecule has 0 aromatic heterocycles. The molecular formula is C13H16BrClO3S. The fraction of sp³-hybridized carbons (Fsp3) is 0.538. The van der Waals surface area contributed by atoms with E-state index in [-0.39, 0.29) is 11.2 Å². The highest BCUT2D eigenvalue weighted by Crippen LogP contribution is 2.35. The standard InChI is InChI=1S/C13H16BrClO3S/c14-9-13(5-7-18-8-6-13)10-19(16,17)12-3-1-11(15)2-4-12/h1-4H,5-10H2. The van der Waals surface area contributed by atoms with Crippen molar-refractivity contribution in [3.8, 4) is 0 Å². The normalized spacial score (nSPS) is 19.3. The predicted molar refractivity (Wildman–Crippen MR) is 79.8 cm³/mol. The van der Waals surface area contributed by atoms with E-state index >= 15 is 0 Å². The van der Waals surface area contributed by atoms with Crippen LogP contribution in [0.1, 0.15) is 12.8 Å². The Balaban J connectivity index is 2.22. The van der Waals surface area contributed by atoms with Crippen molar-refractivity contribution in [3.63, 3.8) is 0 Å². The fourth-order valence-corrected chi connectivity index (χ4v) is 5.31. The van der Waals surface area contributed by atoms with Gasteiger partial charge in [0, 0.05) is 23.6 Å². The average Bonchev–Trinajstić information content (AvgIpc) is 2.40. The number of benzene rings is 1. The minimum absolute atomic E-state index is 0.149. The van der Waals surface area contributed by atoms with Gasteiger partial charge in [-0.2, -0.15) is 0 Å². The molecule has 19 heavy (non-hydrogen) atoms. The molecule has 1 heterocycles. The SMILES string of the molecule is O=S(=O)(CC1(CBr)CCOCC1)c1ccc(Cl)cc1. The number of alkyl halides is 1. The van der Waals surface area contributed by atoms with Gasteiger partial charge in [0.05, 0.1) is 10.6 Å². The highest BCUT2D eigenvalue weighted by Gasteiger charge is 2.36. The van der Waals surface area contributed by atoms with Gasteiger partial charge in [0.1, 0.15) is 0 Å². The van der Waals surface area contributed by atoms with E-state index in [1.807, 2.05) is 0 Å². The Bertz CT molecular complexity index is 521. The van der Waals surface area contributed by atoms with Gasteiger partial charge in [-0.1, -0.05) is 27.5 Å². The van der Waals surface area contributed by atoms with Gasteiger partial charge in [-0.25, -0.2) is 8.42 Å². The molecule has 0 bridgehead atoms. The molecule has 0 spiro atoms. The molecule has 106 valence electrons. The molecule has 1 aliphatic heterocycles. The lowest BCUT2D eigenvalue weighted by Crippen LogP contribution is -2.37. The first-order chi connectivity index (χ1) is 8.97. The van der Waals surface area contributed by atoms with Crippen molar-refractivity contribution in [1.29, 1.82) is 0 Å². The molecule has 0 atom stereocenters. The average molecular weight is 368 g/mol. The number of hydrogen-bond acceptors (Lipinski definition) is 3. The van der Waals surface area contributed by atoms with Gasteiger partial charge in [0.25, 0.3) is 0 Å². The third kappa shape index (κ3) is 3.72. The van der Waals surface area contributed by atoms with Crippen molar-refractivity contribution < 1.29 is 13.2 Å². The summed E-state index contributed by atoms with van der Waals surface area (Å²) in [5, 5.41) is 1.22. The van der Waals surface area contributed by atoms with Gasteiger partial charge in [-0.15, -0.1) is 0 Å². The Labute approximate surface area is 127 Å². The lowest BCUT2D eigenvalue weighted by atomic mass is 9.85. The second-order valence-corrected chi connectivity index (χ2v) is 7.95. The van der Waals surface area contributed by atoms with Crippen molar-refractivity contribution in [2.24, 2.45) is 5.41 Å². The monoisotopic (exact) mass is 366 g/mol. The molecule has 1 aliphatic rings. The zero-order valence-electron chi connectivity index (χ0n) is 10.4. The minimum Gasteiger partial charge on any atom is -0.381 e. The molecule has 1 saturated heterocycles. The van der Waals surface area contributed by atoms with Crippen molar-refractivity contribution in [2.75, 3.05) is 24.3 Å². The van der Waals surface area contributed by atoms with Crippen LogP contribution in [-0.2, 0) is 14.6 Å². The minimum atomic E-state index is -3.29. The zero-order chi connectivity index (χ0) is 13.9. The third-order valence-corrected chi connectivity index (χ3v) is 6.93. The van der Waals surface area contributed by atoms with E-state index in [0.717, 1.165) is 12.8 Å². The smallest absolute Gasteiger partial charge is 0.178 e. The number of hydrogen-bond donors (Lipinski definition) is 0. The maximum atomic E-state index is 12.5. The first-order valence-corrected chi connectivity index (χ1v) is 9.25. The topological polar surface area (TPSA) is 43.4 Å². The lowest BCUT2D eigenvalue weighted by Gasteiger charge is -2.35. The van der Waals surface area contributed by atoms with Crippen LogP contribution < -0.4 is 0 Å². The molecule has 0 aliphatic carbocycles. The molecular weight excluding hydrogens is 352 g/mol. The van der Waals surface area contributed by atoms with Crippen LogP contribution >= 0.6 is 27.5 Å². The van der Waals surface area contributed by atoms with E-state index in [1.165, 1.54) is 0 Å². The van der Waals surface area contributed by atoms with Crippen molar-refractivity contribution in [2.45, 2.75) is 17.7 Å². The van der Waals surface area contributed by atoms with Gasteiger partial charge >= 0.3 is 0 Å². The molecule has 0 saturated carbocycles. The van der Waals surface area contributed by atoms with Crippen molar-refractivity contribution in [1.82, 2.24) is 0 Å². The highest BCUT2D eigenvalue weighted by atomic mass is 79.9. The van der Waals surface area contributed by atoms with Crippen molar-refractivity contribution in [3.05, 3.63) is 29.3 Å². The molecule has 0 radical (unpaired) electrons. The second-order valence-electron chi connectivity index (χ2n) is 4.96. The van der Waals surface area contributed by atoms with Gasteiger partial charge in [-0.05, 0) is 42.5 Å². The molecule has 0 unspecified atom stereocenters. The van der Waals surface area contributed by atoms with Crippen LogP contribution in [0, 0.1) is 5.41 Å². The molecule has 1 fully saturated rings. The molecule has 1 aromatic carbocycles. The molecule has 1 aromatic rings. The fourth-order valence-electron chi connectivity index (χ4n) is 2.25. The van der Waals surface area contributed by atoms with Gasteiger partial charge in [0.15, 0.2) is 9.84 Å². The Morgan fingerprint density at radius 3 is 2.32 bits per heavy atom. The summed E-state index contributed by atoms with van der Waals surface area (Å²) < 4.78 is 30.3. The van der Waals surface area contributed by atoms with E-state index in [2.05, 4.69) is 15.9 Å². The summed E-state index contributed by atoms with van der Waals surface area (Å²) in [4.78, 5) is 0.337. The molecule has 6 heteroatoms. The number of ether oxygens (including phenoxy) is 1. The Kier molecular flexibility index (Phi) is 4.93. The second kappa shape index (κ2) is 6.12. The van der Waals surface area contributed by atoms with Crippen LogP contribution in [0.15, 0.2) is 29.2 Å². The number of rotatable bonds is 4. The van der Waals surface area contributed by atoms with Gasteiger partial charge in [-0.3, -0.25) is 0 Å². The maximum Gasteiger partial charge on any atom is 0.178 e. The molecule has 2 rings (SSSR count). The summed E-state index contributed by atoms with van der Waals surface area (Å²) in [6.45, 7) is 1.25. The number of sulfone groups is 1. The lowest BCUT2D eigenvalue weighted by molar-refractivity contribution is 0.0367. The van der Waals surface area contributed by atoms with Crippen LogP contribution in [-0.4, -0.2) is 32.7 Å². The van der Waals surface area contributed by atoms with Crippen LogP contribution in [0.5, 0.6) is 0 Å². The summed E-state index contributed by atoms with van der Waals surface area (Å²) in [6.07, 6.45) is 1.54. The van der Waals surface area contributed by atoms with Crippen LogP contribution in [0.4, 0.5) is 0 Å². The largest absolute Gasteiger partial charge is 0.381 e. The Morgan fingerprint density at radius 1 is 1.21 bits per heavy atom. The van der Waals surface area contributed by atoms with Crippen LogP contribution in [0.25, 0.3) is 0 Å². The summed E-state index contributed by atoms with van der Waals surface area (Å²) >= 11 is 9.25.